The largest absolute Gasteiger partial charge is 0.371 e. The van der Waals surface area contributed by atoms with Crippen LogP contribution in [0.25, 0.3) is 0 Å². The summed E-state index contributed by atoms with van der Waals surface area (Å²) in [6.07, 6.45) is 5.46. The molecule has 0 saturated heterocycles. The van der Waals surface area contributed by atoms with E-state index in [1.807, 2.05) is 7.05 Å². The number of halogens is 1. The third-order valence-electron chi connectivity index (χ3n) is 3.13. The molecule has 1 aromatic rings. The maximum atomic E-state index is 6.01. The molecule has 0 aliphatic heterocycles. The standard InChI is InChI=1S/C12H18BrNOS/c1-14-11-4-2-3-5-12(11)15-7-10-6-9(13)8-16-10/h6,8,11-12,14H,2-5,7H2,1H3. The molecular weight excluding hydrogens is 286 g/mol. The first-order valence-electron chi connectivity index (χ1n) is 5.81. The van der Waals surface area contributed by atoms with Crippen LogP contribution in [0, 0.1) is 0 Å². The molecule has 2 nitrogen and oxygen atoms in total. The summed E-state index contributed by atoms with van der Waals surface area (Å²) >= 11 is 5.22. The fourth-order valence-corrected chi connectivity index (χ4v) is 3.62. The third-order valence-corrected chi connectivity index (χ3v) is 4.81. The number of hydrogen-bond acceptors (Lipinski definition) is 3. The normalized spacial score (nSPS) is 25.9. The Kier molecular flexibility index (Phi) is 4.82. The molecule has 1 fully saturated rings. The Balaban J connectivity index is 1.84. The number of nitrogens with one attached hydrogen (secondary N) is 1. The molecule has 1 aromatic heterocycles. The van der Waals surface area contributed by atoms with Crippen molar-refractivity contribution < 1.29 is 4.74 Å². The Labute approximate surface area is 110 Å². The van der Waals surface area contributed by atoms with Crippen LogP contribution in [0.4, 0.5) is 0 Å². The highest BCUT2D eigenvalue weighted by Gasteiger charge is 2.24. The van der Waals surface area contributed by atoms with Gasteiger partial charge in [0.05, 0.1) is 12.7 Å². The molecule has 2 rings (SSSR count). The molecule has 0 spiro atoms. The second-order valence-corrected chi connectivity index (χ2v) is 6.17. The van der Waals surface area contributed by atoms with E-state index >= 15 is 0 Å². The lowest BCUT2D eigenvalue weighted by molar-refractivity contribution is -0.00242. The number of thiophene rings is 1. The molecule has 0 bridgehead atoms. The zero-order valence-corrected chi connectivity index (χ0v) is 11.9. The molecule has 90 valence electrons. The van der Waals surface area contributed by atoms with Gasteiger partial charge in [-0.1, -0.05) is 12.8 Å². The van der Waals surface area contributed by atoms with E-state index in [0.29, 0.717) is 12.1 Å². The molecule has 16 heavy (non-hydrogen) atoms. The van der Waals surface area contributed by atoms with Crippen LogP contribution in [0.3, 0.4) is 0 Å². The van der Waals surface area contributed by atoms with Gasteiger partial charge in [-0.05, 0) is 41.9 Å². The van der Waals surface area contributed by atoms with Gasteiger partial charge >= 0.3 is 0 Å². The Bertz CT molecular complexity index is 329. The number of likely N-dealkylation sites (N-methyl/N-ethyl adjacent to an activating group) is 1. The van der Waals surface area contributed by atoms with Gasteiger partial charge in [0.25, 0.3) is 0 Å². The third kappa shape index (κ3) is 3.29. The predicted molar refractivity (Wildman–Crippen MR) is 71.9 cm³/mol. The SMILES string of the molecule is CNC1CCCCC1OCc1cc(Br)cs1. The molecule has 1 N–H and O–H groups in total. The summed E-state index contributed by atoms with van der Waals surface area (Å²) in [5.41, 5.74) is 0. The minimum atomic E-state index is 0.389. The summed E-state index contributed by atoms with van der Waals surface area (Å²) < 4.78 is 7.17. The molecule has 4 heteroatoms. The first kappa shape index (κ1) is 12.6. The van der Waals surface area contributed by atoms with Crippen LogP contribution in [-0.4, -0.2) is 19.2 Å². The molecule has 0 aromatic carbocycles. The summed E-state index contributed by atoms with van der Waals surface area (Å²) in [7, 11) is 2.04. The summed E-state index contributed by atoms with van der Waals surface area (Å²) in [5, 5.41) is 5.47. The smallest absolute Gasteiger partial charge is 0.0814 e. The van der Waals surface area contributed by atoms with Crippen molar-refractivity contribution >= 4 is 27.3 Å². The van der Waals surface area contributed by atoms with Gasteiger partial charge in [0.1, 0.15) is 0 Å². The highest BCUT2D eigenvalue weighted by molar-refractivity contribution is 9.10. The maximum absolute atomic E-state index is 6.01. The average Bonchev–Trinajstić information content (AvgIpc) is 2.73. The number of hydrogen-bond donors (Lipinski definition) is 1. The van der Waals surface area contributed by atoms with Crippen LogP contribution in [-0.2, 0) is 11.3 Å². The number of rotatable bonds is 4. The Morgan fingerprint density at radius 2 is 2.31 bits per heavy atom. The Morgan fingerprint density at radius 3 is 3.00 bits per heavy atom. The van der Waals surface area contributed by atoms with Crippen LogP contribution in [0.2, 0.25) is 0 Å². The fraction of sp³-hybridized carbons (Fsp3) is 0.667. The van der Waals surface area contributed by atoms with Crippen molar-refractivity contribution in [1.82, 2.24) is 5.32 Å². The second-order valence-electron chi connectivity index (χ2n) is 4.26. The maximum Gasteiger partial charge on any atom is 0.0814 e. The predicted octanol–water partition coefficient (Wildman–Crippen LogP) is 3.56. The lowest BCUT2D eigenvalue weighted by Gasteiger charge is -2.31. The van der Waals surface area contributed by atoms with E-state index in [4.69, 9.17) is 4.74 Å². The highest BCUT2D eigenvalue weighted by atomic mass is 79.9. The molecule has 0 amide bonds. The topological polar surface area (TPSA) is 21.3 Å². The van der Waals surface area contributed by atoms with Crippen molar-refractivity contribution in [2.45, 2.75) is 44.4 Å². The Hall–Kier alpha value is 0.1000. The molecule has 2 unspecified atom stereocenters. The van der Waals surface area contributed by atoms with Gasteiger partial charge in [0, 0.05) is 20.8 Å². The summed E-state index contributed by atoms with van der Waals surface area (Å²) in [6.45, 7) is 0.749. The highest BCUT2D eigenvalue weighted by Crippen LogP contribution is 2.25. The fourth-order valence-electron chi connectivity index (χ4n) is 2.25. The Morgan fingerprint density at radius 1 is 1.50 bits per heavy atom. The van der Waals surface area contributed by atoms with E-state index in [0.717, 1.165) is 11.1 Å². The van der Waals surface area contributed by atoms with Crippen molar-refractivity contribution in [3.63, 3.8) is 0 Å². The van der Waals surface area contributed by atoms with Gasteiger partial charge in [0.2, 0.25) is 0 Å². The summed E-state index contributed by atoms with van der Waals surface area (Å²) in [4.78, 5) is 1.30. The quantitative estimate of drug-likeness (QED) is 0.918. The van der Waals surface area contributed by atoms with Crippen molar-refractivity contribution in [3.8, 4) is 0 Å². The zero-order chi connectivity index (χ0) is 11.4. The lowest BCUT2D eigenvalue weighted by atomic mass is 9.92. The van der Waals surface area contributed by atoms with Crippen molar-refractivity contribution in [2.75, 3.05) is 7.05 Å². The van der Waals surface area contributed by atoms with Crippen LogP contribution in [0.15, 0.2) is 15.9 Å². The molecular formula is C12H18BrNOS. The van der Waals surface area contributed by atoms with Crippen LogP contribution in [0.5, 0.6) is 0 Å². The van der Waals surface area contributed by atoms with E-state index < -0.39 is 0 Å². The van der Waals surface area contributed by atoms with Crippen molar-refractivity contribution in [3.05, 3.63) is 20.8 Å². The van der Waals surface area contributed by atoms with Crippen molar-refractivity contribution in [1.29, 1.82) is 0 Å². The van der Waals surface area contributed by atoms with Crippen molar-refractivity contribution in [2.24, 2.45) is 0 Å². The molecule has 1 saturated carbocycles. The minimum absolute atomic E-state index is 0.389. The average molecular weight is 304 g/mol. The zero-order valence-electron chi connectivity index (χ0n) is 9.54. The second kappa shape index (κ2) is 6.15. The lowest BCUT2D eigenvalue weighted by Crippen LogP contribution is -2.41. The van der Waals surface area contributed by atoms with Crippen LogP contribution < -0.4 is 5.32 Å². The monoisotopic (exact) mass is 303 g/mol. The molecule has 0 radical (unpaired) electrons. The van der Waals surface area contributed by atoms with Gasteiger partial charge < -0.3 is 10.1 Å². The minimum Gasteiger partial charge on any atom is -0.371 e. The molecule has 1 heterocycles. The summed E-state index contributed by atoms with van der Waals surface area (Å²) in [6, 6.07) is 2.68. The summed E-state index contributed by atoms with van der Waals surface area (Å²) in [5.74, 6) is 0. The first-order chi connectivity index (χ1) is 7.79. The molecule has 1 aliphatic carbocycles. The van der Waals surface area contributed by atoms with E-state index in [-0.39, 0.29) is 0 Å². The van der Waals surface area contributed by atoms with Gasteiger partial charge in [-0.15, -0.1) is 11.3 Å². The van der Waals surface area contributed by atoms with Crippen LogP contribution >= 0.6 is 27.3 Å². The van der Waals surface area contributed by atoms with Gasteiger partial charge in [-0.2, -0.15) is 0 Å². The van der Waals surface area contributed by atoms with Gasteiger partial charge in [-0.25, -0.2) is 0 Å². The van der Waals surface area contributed by atoms with E-state index in [9.17, 15) is 0 Å². The molecule has 1 aliphatic rings. The van der Waals surface area contributed by atoms with E-state index in [2.05, 4.69) is 32.7 Å². The van der Waals surface area contributed by atoms with Crippen LogP contribution in [0.1, 0.15) is 30.6 Å². The van der Waals surface area contributed by atoms with Gasteiger partial charge in [-0.3, -0.25) is 0 Å². The van der Waals surface area contributed by atoms with E-state index in [1.165, 1.54) is 30.6 Å². The van der Waals surface area contributed by atoms with Gasteiger partial charge in [0.15, 0.2) is 0 Å². The number of ether oxygens (including phenoxy) is 1. The van der Waals surface area contributed by atoms with E-state index in [1.54, 1.807) is 11.3 Å². The first-order valence-corrected chi connectivity index (χ1v) is 7.48. The molecule has 2 atom stereocenters.